The minimum absolute atomic E-state index is 0.0778. The molecule has 0 spiro atoms. The molecule has 1 unspecified atom stereocenters. The predicted octanol–water partition coefficient (Wildman–Crippen LogP) is 2.86. The molecule has 0 bridgehead atoms. The lowest BCUT2D eigenvalue weighted by molar-refractivity contribution is -0.179. The number of carbonyl (C=O) groups is 1. The average Bonchev–Trinajstić information content (AvgIpc) is 2.63. The summed E-state index contributed by atoms with van der Waals surface area (Å²) in [6.45, 7) is 0.831. The molecule has 5 nitrogen and oxygen atoms in total. The van der Waals surface area contributed by atoms with Gasteiger partial charge in [-0.1, -0.05) is 0 Å². The maximum Gasteiger partial charge on any atom is 0.391 e. The average molecular weight is 384 g/mol. The molecule has 1 saturated carbocycles. The van der Waals surface area contributed by atoms with Gasteiger partial charge in [0.15, 0.2) is 0 Å². The van der Waals surface area contributed by atoms with E-state index in [1.54, 1.807) is 0 Å². The Morgan fingerprint density at radius 1 is 1.07 bits per heavy atom. The van der Waals surface area contributed by atoms with Crippen LogP contribution in [-0.2, 0) is 4.79 Å². The van der Waals surface area contributed by atoms with Crippen LogP contribution in [0.3, 0.4) is 0 Å². The number of hydrogen-bond acceptors (Lipinski definition) is 4. The highest BCUT2D eigenvalue weighted by Gasteiger charge is 2.41. The van der Waals surface area contributed by atoms with Gasteiger partial charge >= 0.3 is 6.18 Å². The number of rotatable bonds is 4. The van der Waals surface area contributed by atoms with Gasteiger partial charge in [0.05, 0.1) is 5.92 Å². The first-order chi connectivity index (χ1) is 12.7. The fraction of sp³-hybridized carbons (Fsp3) is 0.632. The lowest BCUT2D eigenvalue weighted by Gasteiger charge is -2.35. The van der Waals surface area contributed by atoms with E-state index in [2.05, 4.69) is 5.32 Å². The Morgan fingerprint density at radius 2 is 1.70 bits per heavy atom. The molecule has 1 aliphatic carbocycles. The molecule has 0 radical (unpaired) electrons. The van der Waals surface area contributed by atoms with Crippen LogP contribution in [0.2, 0.25) is 0 Å². The molecule has 2 aliphatic rings. The summed E-state index contributed by atoms with van der Waals surface area (Å²) < 4.78 is 38.4. The molecular formula is C19H27F3N4O. The number of benzene rings is 1. The number of nitrogens with two attached hydrogens (primary N) is 2. The summed E-state index contributed by atoms with van der Waals surface area (Å²) in [5.41, 5.74) is 13.4. The summed E-state index contributed by atoms with van der Waals surface area (Å²) in [6, 6.07) is 7.65. The van der Waals surface area contributed by atoms with Crippen molar-refractivity contribution >= 4 is 17.3 Å². The molecule has 1 amide bonds. The number of amides is 1. The van der Waals surface area contributed by atoms with Crippen molar-refractivity contribution in [2.45, 2.75) is 50.4 Å². The molecule has 3 atom stereocenters. The third-order valence-corrected chi connectivity index (χ3v) is 5.84. The molecule has 0 aromatic heterocycles. The molecule has 150 valence electrons. The van der Waals surface area contributed by atoms with Crippen molar-refractivity contribution in [3.8, 4) is 0 Å². The van der Waals surface area contributed by atoms with E-state index >= 15 is 0 Å². The van der Waals surface area contributed by atoms with E-state index < -0.39 is 12.1 Å². The van der Waals surface area contributed by atoms with Crippen LogP contribution in [0.1, 0.15) is 32.1 Å². The molecule has 1 aliphatic heterocycles. The fourth-order valence-electron chi connectivity index (χ4n) is 4.09. The van der Waals surface area contributed by atoms with Crippen molar-refractivity contribution in [1.82, 2.24) is 0 Å². The minimum Gasteiger partial charge on any atom is -0.381 e. The SMILES string of the molecule is NC(=O)[C@H]1CCC(Nc2ccc(N3CCC(C(F)(F)F)CC3)cc2)[C@H](N)C1. The van der Waals surface area contributed by atoms with Gasteiger partial charge in [0.1, 0.15) is 0 Å². The van der Waals surface area contributed by atoms with E-state index in [0.29, 0.717) is 19.5 Å². The van der Waals surface area contributed by atoms with Crippen molar-refractivity contribution in [3.63, 3.8) is 0 Å². The van der Waals surface area contributed by atoms with Crippen LogP contribution < -0.4 is 21.7 Å². The van der Waals surface area contributed by atoms with Crippen molar-refractivity contribution in [2.24, 2.45) is 23.3 Å². The quantitative estimate of drug-likeness (QED) is 0.745. The number of piperidine rings is 1. The normalized spacial score (nSPS) is 27.4. The van der Waals surface area contributed by atoms with Gasteiger partial charge < -0.3 is 21.7 Å². The Hall–Kier alpha value is -1.96. The summed E-state index contributed by atoms with van der Waals surface area (Å²) in [7, 11) is 0. The molecule has 3 rings (SSSR count). The first-order valence-corrected chi connectivity index (χ1v) is 9.47. The van der Waals surface area contributed by atoms with Crippen LogP contribution in [0.4, 0.5) is 24.5 Å². The summed E-state index contributed by atoms with van der Waals surface area (Å²) >= 11 is 0. The Morgan fingerprint density at radius 3 is 2.22 bits per heavy atom. The van der Waals surface area contributed by atoms with Gasteiger partial charge in [0.25, 0.3) is 0 Å². The van der Waals surface area contributed by atoms with Crippen molar-refractivity contribution in [1.29, 1.82) is 0 Å². The Kier molecular flexibility index (Phi) is 5.83. The Labute approximate surface area is 157 Å². The second kappa shape index (κ2) is 7.96. The van der Waals surface area contributed by atoms with Crippen molar-refractivity contribution < 1.29 is 18.0 Å². The Bertz CT molecular complexity index is 641. The number of alkyl halides is 3. The molecule has 1 aromatic carbocycles. The number of nitrogens with one attached hydrogen (secondary N) is 1. The molecule has 1 heterocycles. The van der Waals surface area contributed by atoms with Crippen LogP contribution in [0.15, 0.2) is 24.3 Å². The molecule has 5 N–H and O–H groups in total. The zero-order chi connectivity index (χ0) is 19.6. The minimum atomic E-state index is -4.09. The highest BCUT2D eigenvalue weighted by molar-refractivity contribution is 5.76. The van der Waals surface area contributed by atoms with Gasteiger partial charge in [-0.15, -0.1) is 0 Å². The van der Waals surface area contributed by atoms with Crippen molar-refractivity contribution in [3.05, 3.63) is 24.3 Å². The molecule has 27 heavy (non-hydrogen) atoms. The predicted molar refractivity (Wildman–Crippen MR) is 99.4 cm³/mol. The van der Waals surface area contributed by atoms with Crippen LogP contribution in [0.25, 0.3) is 0 Å². The Balaban J connectivity index is 1.53. The van der Waals surface area contributed by atoms with Crippen LogP contribution in [0.5, 0.6) is 0 Å². The zero-order valence-corrected chi connectivity index (χ0v) is 15.2. The standard InChI is InChI=1S/C19H27F3N4O/c20-19(21,22)13-7-9-26(10-8-13)15-4-2-14(3-5-15)25-17-6-1-12(18(24)27)11-16(17)23/h2-5,12-13,16-17,25H,1,6-11,23H2,(H2,24,27)/t12-,16+,17?/m0/s1. The van der Waals surface area contributed by atoms with Gasteiger partial charge in [-0.05, 0) is 56.4 Å². The topological polar surface area (TPSA) is 84.4 Å². The largest absolute Gasteiger partial charge is 0.391 e. The summed E-state index contributed by atoms with van der Waals surface area (Å²) in [6.07, 6.45) is -1.72. The number of carbonyl (C=O) groups excluding carboxylic acids is 1. The number of halogens is 3. The molecule has 2 fully saturated rings. The van der Waals surface area contributed by atoms with Gasteiger partial charge in [-0.3, -0.25) is 4.79 Å². The second-order valence-corrected chi connectivity index (χ2v) is 7.68. The van der Waals surface area contributed by atoms with E-state index in [1.807, 2.05) is 29.2 Å². The molecule has 1 saturated heterocycles. The first kappa shape index (κ1) is 19.8. The number of hydrogen-bond donors (Lipinski definition) is 3. The van der Waals surface area contributed by atoms with Crippen LogP contribution in [0, 0.1) is 11.8 Å². The van der Waals surface area contributed by atoms with Gasteiger partial charge in [-0.25, -0.2) is 0 Å². The lowest BCUT2D eigenvalue weighted by atomic mass is 9.82. The first-order valence-electron chi connectivity index (χ1n) is 9.47. The van der Waals surface area contributed by atoms with E-state index in [-0.39, 0.29) is 36.8 Å². The van der Waals surface area contributed by atoms with E-state index in [1.165, 1.54) is 0 Å². The molecule has 8 heteroatoms. The third kappa shape index (κ3) is 4.86. The van der Waals surface area contributed by atoms with Gasteiger partial charge in [0, 0.05) is 42.5 Å². The smallest absolute Gasteiger partial charge is 0.381 e. The number of primary amides is 1. The third-order valence-electron chi connectivity index (χ3n) is 5.84. The second-order valence-electron chi connectivity index (χ2n) is 7.68. The maximum atomic E-state index is 12.8. The van der Waals surface area contributed by atoms with E-state index in [0.717, 1.165) is 24.2 Å². The number of nitrogens with zero attached hydrogens (tertiary/aromatic N) is 1. The maximum absolute atomic E-state index is 12.8. The van der Waals surface area contributed by atoms with E-state index in [9.17, 15) is 18.0 Å². The van der Waals surface area contributed by atoms with Gasteiger partial charge in [-0.2, -0.15) is 13.2 Å². The zero-order valence-electron chi connectivity index (χ0n) is 15.2. The molecule has 1 aromatic rings. The van der Waals surface area contributed by atoms with E-state index in [4.69, 9.17) is 11.5 Å². The highest BCUT2D eigenvalue weighted by atomic mass is 19.4. The fourth-order valence-corrected chi connectivity index (χ4v) is 4.09. The van der Waals surface area contributed by atoms with Crippen molar-refractivity contribution in [2.75, 3.05) is 23.3 Å². The van der Waals surface area contributed by atoms with Gasteiger partial charge in [0.2, 0.25) is 5.91 Å². The summed E-state index contributed by atoms with van der Waals surface area (Å²) in [5, 5.41) is 3.40. The van der Waals surface area contributed by atoms with Crippen LogP contribution in [-0.4, -0.2) is 37.3 Å². The highest BCUT2D eigenvalue weighted by Crippen LogP contribution is 2.35. The summed E-state index contributed by atoms with van der Waals surface area (Å²) in [5.74, 6) is -1.63. The molecular weight excluding hydrogens is 357 g/mol. The lowest BCUT2D eigenvalue weighted by Crippen LogP contribution is -2.47. The van der Waals surface area contributed by atoms with Crippen LogP contribution >= 0.6 is 0 Å². The monoisotopic (exact) mass is 384 g/mol. The number of anilines is 2. The summed E-state index contributed by atoms with van der Waals surface area (Å²) in [4.78, 5) is 13.3.